The Morgan fingerprint density at radius 3 is 1.09 bits per heavy atom. The summed E-state index contributed by atoms with van der Waals surface area (Å²) in [7, 11) is 0. The van der Waals surface area contributed by atoms with Gasteiger partial charge in [-0.25, -0.2) is 0 Å². The molecule has 0 unspecified atom stereocenters. The Morgan fingerprint density at radius 1 is 0.328 bits per heavy atom. The van der Waals surface area contributed by atoms with Gasteiger partial charge in [0.2, 0.25) is 0 Å². The van der Waals surface area contributed by atoms with Gasteiger partial charge in [0.15, 0.2) is 0 Å². The Balaban J connectivity index is 1.18. The topological polar surface area (TPSA) is 3.24 Å². The standard InChI is InChI=1S/C63H61N/c1-40-54(43-24-34-52-50-16-12-14-18-56(50)62(8,9)58(52)36-43)38-49(39-55(40)44-25-35-53-51-17-13-15-19-57(51)63(10,11)59(53)37-44)64(48-32-28-46(29-33-48)61(5,6)7)47-30-22-42(23-31-47)41-20-26-45(27-21-41)60(2,3)4/h12-39H,1-11H3. The number of nitrogens with zero attached hydrogens (tertiary/aromatic N) is 1. The molecule has 2 aliphatic carbocycles. The minimum atomic E-state index is -0.105. The number of fused-ring (bicyclic) bond motifs is 6. The number of hydrogen-bond acceptors (Lipinski definition) is 1. The highest BCUT2D eigenvalue weighted by molar-refractivity contribution is 5.92. The number of benzene rings is 8. The van der Waals surface area contributed by atoms with Crippen LogP contribution < -0.4 is 4.90 Å². The molecule has 0 heterocycles. The molecule has 8 aromatic carbocycles. The maximum atomic E-state index is 2.48. The molecule has 0 aliphatic heterocycles. The van der Waals surface area contributed by atoms with Crippen LogP contribution in [0.5, 0.6) is 0 Å². The van der Waals surface area contributed by atoms with E-state index in [1.807, 2.05) is 0 Å². The van der Waals surface area contributed by atoms with Crippen LogP contribution in [0.2, 0.25) is 0 Å². The Hall–Kier alpha value is -6.44. The van der Waals surface area contributed by atoms with Crippen LogP contribution in [0.4, 0.5) is 17.1 Å². The van der Waals surface area contributed by atoms with Crippen molar-refractivity contribution >= 4 is 17.1 Å². The fourth-order valence-corrected chi connectivity index (χ4v) is 10.7. The smallest absolute Gasteiger partial charge is 0.0474 e. The molecule has 0 aromatic heterocycles. The number of hydrogen-bond donors (Lipinski definition) is 0. The summed E-state index contributed by atoms with van der Waals surface area (Å²) in [6.45, 7) is 25.5. The third kappa shape index (κ3) is 6.83. The maximum Gasteiger partial charge on any atom is 0.0474 e. The lowest BCUT2D eigenvalue weighted by atomic mass is 9.80. The molecule has 0 fully saturated rings. The van der Waals surface area contributed by atoms with E-state index in [0.717, 1.165) is 17.1 Å². The second-order valence-corrected chi connectivity index (χ2v) is 21.5. The van der Waals surface area contributed by atoms with Crippen molar-refractivity contribution in [3.63, 3.8) is 0 Å². The summed E-state index contributed by atoms with van der Waals surface area (Å²) in [5.41, 5.74) is 25.6. The molecular formula is C63H61N. The van der Waals surface area contributed by atoms with Crippen molar-refractivity contribution in [2.75, 3.05) is 4.90 Å². The largest absolute Gasteiger partial charge is 0.310 e. The molecule has 64 heavy (non-hydrogen) atoms. The normalized spacial score (nSPS) is 14.4. The molecule has 2 aliphatic rings. The van der Waals surface area contributed by atoms with E-state index in [2.05, 4.69) is 251 Å². The molecule has 0 saturated heterocycles. The molecule has 1 heteroatoms. The van der Waals surface area contributed by atoms with Crippen molar-refractivity contribution < 1.29 is 0 Å². The van der Waals surface area contributed by atoms with Gasteiger partial charge in [-0.15, -0.1) is 0 Å². The highest BCUT2D eigenvalue weighted by atomic mass is 15.1. The molecule has 318 valence electrons. The van der Waals surface area contributed by atoms with Gasteiger partial charge in [-0.1, -0.05) is 191 Å². The monoisotopic (exact) mass is 831 g/mol. The van der Waals surface area contributed by atoms with E-state index in [-0.39, 0.29) is 21.7 Å². The van der Waals surface area contributed by atoms with Gasteiger partial charge in [0.25, 0.3) is 0 Å². The highest BCUT2D eigenvalue weighted by Crippen LogP contribution is 2.53. The summed E-state index contributed by atoms with van der Waals surface area (Å²) in [5, 5.41) is 0. The zero-order valence-corrected chi connectivity index (χ0v) is 39.6. The van der Waals surface area contributed by atoms with Gasteiger partial charge in [0, 0.05) is 27.9 Å². The molecule has 0 amide bonds. The molecule has 0 spiro atoms. The number of rotatable bonds is 6. The maximum absolute atomic E-state index is 2.48. The van der Waals surface area contributed by atoms with E-state index in [1.165, 1.54) is 94.6 Å². The molecule has 0 radical (unpaired) electrons. The first-order chi connectivity index (χ1) is 30.4. The van der Waals surface area contributed by atoms with Gasteiger partial charge in [-0.3, -0.25) is 0 Å². The van der Waals surface area contributed by atoms with Gasteiger partial charge >= 0.3 is 0 Å². The summed E-state index contributed by atoms with van der Waals surface area (Å²) in [6.07, 6.45) is 0. The summed E-state index contributed by atoms with van der Waals surface area (Å²) < 4.78 is 0. The van der Waals surface area contributed by atoms with Gasteiger partial charge in [0.1, 0.15) is 0 Å². The summed E-state index contributed by atoms with van der Waals surface area (Å²) in [5.74, 6) is 0. The van der Waals surface area contributed by atoms with Crippen LogP contribution in [0, 0.1) is 6.92 Å². The predicted octanol–water partition coefficient (Wildman–Crippen LogP) is 17.7. The van der Waals surface area contributed by atoms with Gasteiger partial charge in [-0.2, -0.15) is 0 Å². The SMILES string of the molecule is Cc1c(-c2ccc3c(c2)C(C)(C)c2ccccc2-3)cc(N(c2ccc(-c3ccc(C(C)(C)C)cc3)cc2)c2ccc(C(C)(C)C)cc2)cc1-c1ccc2c(c1)C(C)(C)c1ccccc1-2. The molecule has 0 saturated carbocycles. The minimum Gasteiger partial charge on any atom is -0.310 e. The fourth-order valence-electron chi connectivity index (χ4n) is 10.7. The second-order valence-electron chi connectivity index (χ2n) is 21.5. The van der Waals surface area contributed by atoms with Gasteiger partial charge < -0.3 is 4.90 Å². The van der Waals surface area contributed by atoms with E-state index in [0.29, 0.717) is 0 Å². The summed E-state index contributed by atoms with van der Waals surface area (Å²) >= 11 is 0. The Kier molecular flexibility index (Phi) is 9.62. The Morgan fingerprint density at radius 2 is 0.672 bits per heavy atom. The quantitative estimate of drug-likeness (QED) is 0.161. The van der Waals surface area contributed by atoms with E-state index < -0.39 is 0 Å². The minimum absolute atomic E-state index is 0.0414. The molecule has 10 rings (SSSR count). The van der Waals surface area contributed by atoms with E-state index in [9.17, 15) is 0 Å². The molecule has 0 bridgehead atoms. The first-order valence-corrected chi connectivity index (χ1v) is 23.2. The van der Waals surface area contributed by atoms with Gasteiger partial charge in [-0.05, 0) is 161 Å². The molecule has 0 atom stereocenters. The third-order valence-electron chi connectivity index (χ3n) is 14.6. The average Bonchev–Trinajstić information content (AvgIpc) is 3.65. The van der Waals surface area contributed by atoms with Crippen molar-refractivity contribution in [3.05, 3.63) is 209 Å². The van der Waals surface area contributed by atoms with Crippen molar-refractivity contribution in [1.82, 2.24) is 0 Å². The number of anilines is 3. The Labute approximate surface area is 382 Å². The highest BCUT2D eigenvalue weighted by Gasteiger charge is 2.37. The molecule has 8 aromatic rings. The predicted molar refractivity (Wildman–Crippen MR) is 275 cm³/mol. The van der Waals surface area contributed by atoms with Crippen LogP contribution >= 0.6 is 0 Å². The summed E-state index contributed by atoms with van der Waals surface area (Å²) in [4.78, 5) is 2.46. The average molecular weight is 832 g/mol. The van der Waals surface area contributed by atoms with Crippen molar-refractivity contribution in [2.45, 2.75) is 97.8 Å². The lowest BCUT2D eigenvalue weighted by molar-refractivity contribution is 0.590. The van der Waals surface area contributed by atoms with Crippen LogP contribution in [-0.2, 0) is 21.7 Å². The first kappa shape index (κ1) is 41.6. The van der Waals surface area contributed by atoms with Gasteiger partial charge in [0.05, 0.1) is 0 Å². The van der Waals surface area contributed by atoms with E-state index >= 15 is 0 Å². The van der Waals surface area contributed by atoms with Crippen LogP contribution in [0.3, 0.4) is 0 Å². The molecular weight excluding hydrogens is 771 g/mol. The van der Waals surface area contributed by atoms with Crippen LogP contribution in [0.15, 0.2) is 170 Å². The summed E-state index contributed by atoms with van der Waals surface area (Å²) in [6, 6.07) is 64.7. The van der Waals surface area contributed by atoms with Crippen LogP contribution in [0.25, 0.3) is 55.6 Å². The lowest BCUT2D eigenvalue weighted by Crippen LogP contribution is -2.15. The van der Waals surface area contributed by atoms with Crippen LogP contribution in [-0.4, -0.2) is 0 Å². The molecule has 0 N–H and O–H groups in total. The first-order valence-electron chi connectivity index (χ1n) is 23.2. The van der Waals surface area contributed by atoms with E-state index in [4.69, 9.17) is 0 Å². The van der Waals surface area contributed by atoms with Crippen molar-refractivity contribution in [3.8, 4) is 55.6 Å². The second kappa shape index (κ2) is 14.8. The lowest BCUT2D eigenvalue weighted by Gasteiger charge is -2.29. The Bertz CT molecular complexity index is 2960. The zero-order valence-electron chi connectivity index (χ0n) is 39.6. The molecule has 1 nitrogen and oxygen atoms in total. The zero-order chi connectivity index (χ0) is 44.9. The fraction of sp³-hybridized carbons (Fsp3) is 0.238. The van der Waals surface area contributed by atoms with Crippen LogP contribution in [0.1, 0.15) is 108 Å². The third-order valence-corrected chi connectivity index (χ3v) is 14.6. The van der Waals surface area contributed by atoms with Crippen molar-refractivity contribution in [1.29, 1.82) is 0 Å². The van der Waals surface area contributed by atoms with Crippen molar-refractivity contribution in [2.24, 2.45) is 0 Å². The van der Waals surface area contributed by atoms with E-state index in [1.54, 1.807) is 0 Å².